The van der Waals surface area contributed by atoms with E-state index in [-0.39, 0.29) is 41.4 Å². The summed E-state index contributed by atoms with van der Waals surface area (Å²) in [4.78, 5) is 61.4. The summed E-state index contributed by atoms with van der Waals surface area (Å²) >= 11 is 5.99. The number of carbonyl (C=O) groups is 5. The second kappa shape index (κ2) is 11.4. The van der Waals surface area contributed by atoms with Crippen molar-refractivity contribution >= 4 is 46.7 Å². The number of likely N-dealkylation sites (N-methyl/N-ethyl adjacent to an activating group) is 1. The molecule has 0 aromatic heterocycles. The van der Waals surface area contributed by atoms with Crippen molar-refractivity contribution in [3.8, 4) is 0 Å². The molecule has 1 aromatic carbocycles. The van der Waals surface area contributed by atoms with Gasteiger partial charge in [0.1, 0.15) is 0 Å². The molecular formula is C21H24ClFN4O5. The van der Waals surface area contributed by atoms with Crippen LogP contribution in [0.15, 0.2) is 30.6 Å². The quantitative estimate of drug-likeness (QED) is 0.387. The molecule has 4 amide bonds. The summed E-state index contributed by atoms with van der Waals surface area (Å²) in [7, 11) is 1.28. The third kappa shape index (κ3) is 6.88. The zero-order valence-corrected chi connectivity index (χ0v) is 18.2. The number of anilines is 1. The Morgan fingerprint density at radius 3 is 2.59 bits per heavy atom. The molecule has 0 bridgehead atoms. The number of amides is 4. The number of allylic oxidation sites excluding steroid dienone is 1. The van der Waals surface area contributed by atoms with Crippen molar-refractivity contribution in [2.24, 2.45) is 5.92 Å². The first kappa shape index (κ1) is 25.0. The molecule has 0 unspecified atom stereocenters. The lowest BCUT2D eigenvalue weighted by Crippen LogP contribution is -2.48. The second-order valence-electron chi connectivity index (χ2n) is 7.24. The van der Waals surface area contributed by atoms with E-state index in [9.17, 15) is 28.4 Å². The lowest BCUT2D eigenvalue weighted by atomic mass is 9.95. The minimum Gasteiger partial charge on any atom is -0.356 e. The normalized spacial score (nSPS) is 16.0. The highest BCUT2D eigenvalue weighted by Gasteiger charge is 2.34. The van der Waals surface area contributed by atoms with Gasteiger partial charge >= 0.3 is 0 Å². The molecule has 0 spiro atoms. The number of benzene rings is 1. The molecule has 2 rings (SSSR count). The fourth-order valence-electron chi connectivity index (χ4n) is 3.18. The smallest absolute Gasteiger partial charge is 0.289 e. The van der Waals surface area contributed by atoms with Crippen molar-refractivity contribution in [1.29, 1.82) is 0 Å². The fraction of sp³-hybridized carbons (Fsp3) is 0.381. The first-order valence-corrected chi connectivity index (χ1v) is 10.3. The van der Waals surface area contributed by atoms with Gasteiger partial charge in [-0.25, -0.2) is 4.39 Å². The third-order valence-electron chi connectivity index (χ3n) is 4.88. The van der Waals surface area contributed by atoms with Gasteiger partial charge in [-0.05, 0) is 31.0 Å². The van der Waals surface area contributed by atoms with Gasteiger partial charge in [-0.2, -0.15) is 0 Å². The Labute approximate surface area is 189 Å². The summed E-state index contributed by atoms with van der Waals surface area (Å²) < 4.78 is 12.8. The van der Waals surface area contributed by atoms with Gasteiger partial charge in [0, 0.05) is 37.4 Å². The number of rotatable bonds is 10. The number of hydrogen-bond acceptors (Lipinski definition) is 5. The van der Waals surface area contributed by atoms with Crippen LogP contribution >= 0.6 is 11.6 Å². The van der Waals surface area contributed by atoms with Gasteiger partial charge in [-0.1, -0.05) is 18.2 Å². The largest absolute Gasteiger partial charge is 0.356 e. The molecule has 0 radical (unpaired) electrons. The standard InChI is InChI=1S/C21H24ClFN4O5/c1-11(23)3-6-17(28)26-15-5-4-13(22)10-14(15)20(31)27-16(18(29)21(32)24-2)9-12-7-8-25-19(12)30/h4-5,10,12,16H,1,3,6-9H2,2H3,(H,24,32)(H,25,30)(H,26,28)(H,27,31)/t12-,16-/m0/s1. The van der Waals surface area contributed by atoms with Crippen LogP contribution in [0.25, 0.3) is 0 Å². The van der Waals surface area contributed by atoms with Crippen molar-refractivity contribution < 1.29 is 28.4 Å². The summed E-state index contributed by atoms with van der Waals surface area (Å²) in [6, 6.07) is 2.84. The van der Waals surface area contributed by atoms with E-state index in [0.29, 0.717) is 13.0 Å². The van der Waals surface area contributed by atoms with Crippen LogP contribution in [0.3, 0.4) is 0 Å². The van der Waals surface area contributed by atoms with Crippen molar-refractivity contribution in [2.45, 2.75) is 31.7 Å². The summed E-state index contributed by atoms with van der Waals surface area (Å²) in [6.07, 6.45) is 0.0377. The number of nitrogens with one attached hydrogen (secondary N) is 4. The molecule has 172 valence electrons. The van der Waals surface area contributed by atoms with Crippen molar-refractivity contribution in [3.05, 3.63) is 41.2 Å². The van der Waals surface area contributed by atoms with Crippen molar-refractivity contribution in [1.82, 2.24) is 16.0 Å². The maximum absolute atomic E-state index is 13.0. The van der Waals surface area contributed by atoms with Crippen LogP contribution in [0.5, 0.6) is 0 Å². The molecule has 2 atom stereocenters. The number of halogens is 2. The second-order valence-corrected chi connectivity index (χ2v) is 7.67. The number of ketones is 1. The zero-order chi connectivity index (χ0) is 23.8. The monoisotopic (exact) mass is 466 g/mol. The van der Waals surface area contributed by atoms with Crippen LogP contribution in [0.1, 0.15) is 36.0 Å². The summed E-state index contributed by atoms with van der Waals surface area (Å²) in [6.45, 7) is 3.53. The Hall–Kier alpha value is -3.27. The Morgan fingerprint density at radius 2 is 2.00 bits per heavy atom. The molecule has 0 saturated carbocycles. The molecule has 9 nitrogen and oxygen atoms in total. The Kier molecular flexibility index (Phi) is 8.89. The molecule has 1 fully saturated rings. The van der Waals surface area contributed by atoms with E-state index in [1.165, 1.54) is 25.2 Å². The summed E-state index contributed by atoms with van der Waals surface area (Å²) in [5.41, 5.74) is 0.0293. The van der Waals surface area contributed by atoms with Crippen molar-refractivity contribution in [2.75, 3.05) is 18.9 Å². The first-order chi connectivity index (χ1) is 15.1. The molecular weight excluding hydrogens is 443 g/mol. The molecule has 1 aromatic rings. The van der Waals surface area contributed by atoms with E-state index < -0.39 is 41.3 Å². The molecule has 32 heavy (non-hydrogen) atoms. The van der Waals surface area contributed by atoms with Crippen LogP contribution in [-0.4, -0.2) is 49.0 Å². The van der Waals surface area contributed by atoms with E-state index in [4.69, 9.17) is 11.6 Å². The van der Waals surface area contributed by atoms with Gasteiger partial charge < -0.3 is 21.3 Å². The maximum atomic E-state index is 13.0. The molecule has 1 heterocycles. The Bertz CT molecular complexity index is 952. The van der Waals surface area contributed by atoms with E-state index in [2.05, 4.69) is 27.8 Å². The highest BCUT2D eigenvalue weighted by molar-refractivity contribution is 6.38. The predicted molar refractivity (Wildman–Crippen MR) is 116 cm³/mol. The number of carbonyl (C=O) groups excluding carboxylic acids is 5. The summed E-state index contributed by atoms with van der Waals surface area (Å²) in [5, 5.41) is 10.0. The van der Waals surface area contributed by atoms with Crippen molar-refractivity contribution in [3.63, 3.8) is 0 Å². The molecule has 11 heteroatoms. The lowest BCUT2D eigenvalue weighted by Gasteiger charge is -2.20. The first-order valence-electron chi connectivity index (χ1n) is 9.89. The zero-order valence-electron chi connectivity index (χ0n) is 17.4. The van der Waals surface area contributed by atoms with Gasteiger partial charge in [-0.3, -0.25) is 24.0 Å². The predicted octanol–water partition coefficient (Wildman–Crippen LogP) is 1.48. The van der Waals surface area contributed by atoms with Gasteiger partial charge in [-0.15, -0.1) is 0 Å². The lowest BCUT2D eigenvalue weighted by molar-refractivity contribution is -0.139. The van der Waals surface area contributed by atoms with Gasteiger partial charge in [0.25, 0.3) is 11.8 Å². The molecule has 4 N–H and O–H groups in total. The molecule has 1 saturated heterocycles. The van der Waals surface area contributed by atoms with Crippen LogP contribution in [0.4, 0.5) is 10.1 Å². The number of hydrogen-bond donors (Lipinski definition) is 4. The third-order valence-corrected chi connectivity index (χ3v) is 5.11. The highest BCUT2D eigenvalue weighted by atomic mass is 35.5. The average Bonchev–Trinajstić information content (AvgIpc) is 3.16. The van der Waals surface area contributed by atoms with Gasteiger partial charge in [0.15, 0.2) is 0 Å². The van der Waals surface area contributed by atoms with Crippen LogP contribution in [-0.2, 0) is 19.2 Å². The topological polar surface area (TPSA) is 133 Å². The molecule has 0 aliphatic carbocycles. The van der Waals surface area contributed by atoms with E-state index in [0.717, 1.165) is 0 Å². The van der Waals surface area contributed by atoms with E-state index in [1.54, 1.807) is 0 Å². The van der Waals surface area contributed by atoms with E-state index in [1.807, 2.05) is 0 Å². The van der Waals surface area contributed by atoms with E-state index >= 15 is 0 Å². The van der Waals surface area contributed by atoms with Gasteiger partial charge in [0.05, 0.1) is 23.1 Å². The van der Waals surface area contributed by atoms with Crippen LogP contribution in [0, 0.1) is 5.92 Å². The van der Waals surface area contributed by atoms with Crippen LogP contribution < -0.4 is 21.3 Å². The molecule has 1 aliphatic heterocycles. The minimum atomic E-state index is -1.27. The van der Waals surface area contributed by atoms with Gasteiger partial charge in [0.2, 0.25) is 17.6 Å². The average molecular weight is 467 g/mol. The minimum absolute atomic E-state index is 0.0597. The fourth-order valence-corrected chi connectivity index (χ4v) is 3.35. The van der Waals surface area contributed by atoms with Crippen LogP contribution in [0.2, 0.25) is 5.02 Å². The maximum Gasteiger partial charge on any atom is 0.289 e. The summed E-state index contributed by atoms with van der Waals surface area (Å²) in [5.74, 6) is -4.62. The SMILES string of the molecule is C=C(F)CCC(=O)Nc1ccc(Cl)cc1C(=O)N[C@@H](C[C@@H]1CCNC1=O)C(=O)C(=O)NC. The number of Topliss-reactive ketones (excluding diaryl/α,β-unsaturated/α-hetero) is 1. The highest BCUT2D eigenvalue weighted by Crippen LogP contribution is 2.23. The molecule has 1 aliphatic rings. The Balaban J connectivity index is 2.23. The Morgan fingerprint density at radius 1 is 1.28 bits per heavy atom.